The van der Waals surface area contributed by atoms with E-state index in [0.29, 0.717) is 12.5 Å². The Labute approximate surface area is 131 Å². The number of hydrogen-bond donors (Lipinski definition) is 1. The van der Waals surface area contributed by atoms with Gasteiger partial charge in [-0.15, -0.1) is 0 Å². The summed E-state index contributed by atoms with van der Waals surface area (Å²) in [4.78, 5) is 12.1. The molecule has 0 aliphatic rings. The number of benzene rings is 1. The third-order valence-corrected chi connectivity index (χ3v) is 3.86. The first-order valence-electron chi connectivity index (χ1n) is 7.52. The summed E-state index contributed by atoms with van der Waals surface area (Å²) < 4.78 is 6.81. The summed E-state index contributed by atoms with van der Waals surface area (Å²) in [6.45, 7) is 4.65. The lowest BCUT2D eigenvalue weighted by Crippen LogP contribution is -2.32. The molecule has 2 aromatic rings. The fourth-order valence-corrected chi connectivity index (χ4v) is 2.29. The van der Waals surface area contributed by atoms with Crippen LogP contribution in [0.4, 0.5) is 0 Å². The average Bonchev–Trinajstić information content (AvgIpc) is 3.08. The van der Waals surface area contributed by atoms with E-state index in [1.807, 2.05) is 25.1 Å². The number of amides is 1. The summed E-state index contributed by atoms with van der Waals surface area (Å²) in [6.07, 6.45) is 4.36. The standard InChI is InChI=1S/C17H23N3O2/c1-13(15-5-7-16(22-3)8-6-15)9-11-18-17(21)14(2)20-12-4-10-19-20/h4-8,10,12-14H,9,11H2,1-3H3,(H,18,21)/t13-,14+/m1/s1. The highest BCUT2D eigenvalue weighted by atomic mass is 16.5. The Morgan fingerprint density at radius 2 is 2.05 bits per heavy atom. The number of aromatic nitrogens is 2. The number of nitrogens with zero attached hydrogens (tertiary/aromatic N) is 2. The van der Waals surface area contributed by atoms with Crippen LogP contribution in [0.25, 0.3) is 0 Å². The third kappa shape index (κ3) is 4.10. The van der Waals surface area contributed by atoms with Crippen LogP contribution >= 0.6 is 0 Å². The van der Waals surface area contributed by atoms with E-state index >= 15 is 0 Å². The zero-order chi connectivity index (χ0) is 15.9. The Hall–Kier alpha value is -2.30. The minimum Gasteiger partial charge on any atom is -0.497 e. The Bertz CT molecular complexity index is 578. The first kappa shape index (κ1) is 16.1. The zero-order valence-electron chi connectivity index (χ0n) is 13.3. The fourth-order valence-electron chi connectivity index (χ4n) is 2.29. The number of hydrogen-bond acceptors (Lipinski definition) is 3. The average molecular weight is 301 g/mol. The van der Waals surface area contributed by atoms with Crippen molar-refractivity contribution in [2.75, 3.05) is 13.7 Å². The van der Waals surface area contributed by atoms with E-state index in [1.54, 1.807) is 24.2 Å². The number of ether oxygens (including phenoxy) is 1. The van der Waals surface area contributed by atoms with E-state index in [-0.39, 0.29) is 11.9 Å². The van der Waals surface area contributed by atoms with E-state index in [2.05, 4.69) is 29.5 Å². The lowest BCUT2D eigenvalue weighted by molar-refractivity contribution is -0.124. The van der Waals surface area contributed by atoms with Crippen molar-refractivity contribution in [2.45, 2.75) is 32.2 Å². The van der Waals surface area contributed by atoms with Crippen LogP contribution in [0.3, 0.4) is 0 Å². The van der Waals surface area contributed by atoms with Crippen LogP contribution in [0.15, 0.2) is 42.7 Å². The predicted molar refractivity (Wildman–Crippen MR) is 86.0 cm³/mol. The molecule has 0 bridgehead atoms. The largest absolute Gasteiger partial charge is 0.497 e. The monoisotopic (exact) mass is 301 g/mol. The van der Waals surface area contributed by atoms with Crippen molar-refractivity contribution in [2.24, 2.45) is 0 Å². The van der Waals surface area contributed by atoms with Crippen molar-refractivity contribution in [3.63, 3.8) is 0 Å². The van der Waals surface area contributed by atoms with Crippen molar-refractivity contribution < 1.29 is 9.53 Å². The SMILES string of the molecule is COc1ccc([C@H](C)CCNC(=O)[C@H](C)n2cccn2)cc1. The van der Waals surface area contributed by atoms with Gasteiger partial charge < -0.3 is 10.1 Å². The molecule has 1 amide bonds. The Morgan fingerprint density at radius 1 is 1.32 bits per heavy atom. The molecular formula is C17H23N3O2. The molecule has 0 saturated carbocycles. The van der Waals surface area contributed by atoms with Crippen molar-refractivity contribution in [1.29, 1.82) is 0 Å². The molecule has 1 aromatic carbocycles. The summed E-state index contributed by atoms with van der Waals surface area (Å²) in [7, 11) is 1.66. The molecule has 22 heavy (non-hydrogen) atoms. The van der Waals surface area contributed by atoms with Crippen LogP contribution in [0.2, 0.25) is 0 Å². The second kappa shape index (κ2) is 7.64. The van der Waals surface area contributed by atoms with Crippen molar-refractivity contribution in [3.05, 3.63) is 48.3 Å². The highest BCUT2D eigenvalue weighted by Crippen LogP contribution is 2.21. The summed E-state index contributed by atoms with van der Waals surface area (Å²) >= 11 is 0. The van der Waals surface area contributed by atoms with E-state index in [4.69, 9.17) is 4.74 Å². The molecule has 0 aliphatic heterocycles. The van der Waals surface area contributed by atoms with Gasteiger partial charge in [0.05, 0.1) is 7.11 Å². The van der Waals surface area contributed by atoms with Crippen LogP contribution in [0.5, 0.6) is 5.75 Å². The van der Waals surface area contributed by atoms with Crippen molar-refractivity contribution in [3.8, 4) is 5.75 Å². The van der Waals surface area contributed by atoms with Gasteiger partial charge in [-0.1, -0.05) is 19.1 Å². The molecule has 0 spiro atoms. The van der Waals surface area contributed by atoms with Crippen LogP contribution in [0, 0.1) is 0 Å². The molecule has 0 radical (unpaired) electrons. The quantitative estimate of drug-likeness (QED) is 0.855. The molecule has 0 fully saturated rings. The number of nitrogens with one attached hydrogen (secondary N) is 1. The van der Waals surface area contributed by atoms with Gasteiger partial charge in [0.25, 0.3) is 0 Å². The number of carbonyl (C=O) groups excluding carboxylic acids is 1. The fraction of sp³-hybridized carbons (Fsp3) is 0.412. The second-order valence-corrected chi connectivity index (χ2v) is 5.42. The third-order valence-electron chi connectivity index (χ3n) is 3.86. The van der Waals surface area contributed by atoms with E-state index < -0.39 is 0 Å². The zero-order valence-corrected chi connectivity index (χ0v) is 13.3. The Kier molecular flexibility index (Phi) is 5.58. The van der Waals surface area contributed by atoms with Crippen LogP contribution in [-0.2, 0) is 4.79 Å². The summed E-state index contributed by atoms with van der Waals surface area (Å²) in [5.74, 6) is 1.23. The molecule has 0 unspecified atom stereocenters. The Balaban J connectivity index is 1.78. The molecule has 1 aromatic heterocycles. The van der Waals surface area contributed by atoms with Gasteiger partial charge in [0, 0.05) is 18.9 Å². The molecule has 1 N–H and O–H groups in total. The Morgan fingerprint density at radius 3 is 2.64 bits per heavy atom. The van der Waals surface area contributed by atoms with Crippen molar-refractivity contribution in [1.82, 2.24) is 15.1 Å². The molecule has 118 valence electrons. The predicted octanol–water partition coefficient (Wildman–Crippen LogP) is 2.76. The van der Waals surface area contributed by atoms with Gasteiger partial charge in [0.1, 0.15) is 11.8 Å². The van der Waals surface area contributed by atoms with Gasteiger partial charge in [-0.3, -0.25) is 9.48 Å². The van der Waals surface area contributed by atoms with Crippen LogP contribution < -0.4 is 10.1 Å². The maximum Gasteiger partial charge on any atom is 0.244 e. The molecule has 1 heterocycles. The first-order valence-corrected chi connectivity index (χ1v) is 7.52. The maximum absolute atomic E-state index is 12.1. The maximum atomic E-state index is 12.1. The molecular weight excluding hydrogens is 278 g/mol. The van der Waals surface area contributed by atoms with Crippen LogP contribution in [-0.4, -0.2) is 29.3 Å². The highest BCUT2D eigenvalue weighted by Gasteiger charge is 2.14. The summed E-state index contributed by atoms with van der Waals surface area (Å²) in [6, 6.07) is 9.59. The normalized spacial score (nSPS) is 13.4. The lowest BCUT2D eigenvalue weighted by atomic mass is 9.98. The molecule has 2 atom stereocenters. The summed E-state index contributed by atoms with van der Waals surface area (Å²) in [5.41, 5.74) is 1.25. The van der Waals surface area contributed by atoms with Gasteiger partial charge >= 0.3 is 0 Å². The minimum absolute atomic E-state index is 0.00868. The molecule has 5 nitrogen and oxygen atoms in total. The second-order valence-electron chi connectivity index (χ2n) is 5.42. The molecule has 0 aliphatic carbocycles. The van der Waals surface area contributed by atoms with Gasteiger partial charge in [0.2, 0.25) is 5.91 Å². The van der Waals surface area contributed by atoms with E-state index in [9.17, 15) is 4.79 Å². The topological polar surface area (TPSA) is 56.1 Å². The number of methoxy groups -OCH3 is 1. The van der Waals surface area contributed by atoms with Gasteiger partial charge in [0.15, 0.2) is 0 Å². The van der Waals surface area contributed by atoms with E-state index in [1.165, 1.54) is 5.56 Å². The number of rotatable bonds is 7. The first-order chi connectivity index (χ1) is 10.6. The van der Waals surface area contributed by atoms with Gasteiger partial charge in [-0.25, -0.2) is 0 Å². The lowest BCUT2D eigenvalue weighted by Gasteiger charge is -2.15. The van der Waals surface area contributed by atoms with Crippen molar-refractivity contribution >= 4 is 5.91 Å². The highest BCUT2D eigenvalue weighted by molar-refractivity contribution is 5.79. The summed E-state index contributed by atoms with van der Waals surface area (Å²) in [5, 5.41) is 7.06. The van der Waals surface area contributed by atoms with Gasteiger partial charge in [-0.05, 0) is 43.0 Å². The smallest absolute Gasteiger partial charge is 0.244 e. The minimum atomic E-state index is -0.286. The molecule has 0 saturated heterocycles. The van der Waals surface area contributed by atoms with Gasteiger partial charge in [-0.2, -0.15) is 5.10 Å². The molecule has 2 rings (SSSR count). The molecule has 5 heteroatoms. The van der Waals surface area contributed by atoms with Crippen LogP contribution in [0.1, 0.15) is 37.8 Å². The van der Waals surface area contributed by atoms with E-state index in [0.717, 1.165) is 12.2 Å². The number of carbonyl (C=O) groups is 1.